The Morgan fingerprint density at radius 1 is 1.33 bits per heavy atom. The van der Waals surface area contributed by atoms with Gasteiger partial charge >= 0.3 is 0 Å². The van der Waals surface area contributed by atoms with E-state index in [0.29, 0.717) is 24.0 Å². The molecule has 0 saturated carbocycles. The van der Waals surface area contributed by atoms with Crippen molar-refractivity contribution in [2.24, 2.45) is 5.92 Å². The molecule has 2 aromatic rings. The highest BCUT2D eigenvalue weighted by Gasteiger charge is 2.16. The van der Waals surface area contributed by atoms with E-state index in [1.807, 2.05) is 38.1 Å². The Kier molecular flexibility index (Phi) is 5.05. The molecule has 6 heteroatoms. The van der Waals surface area contributed by atoms with E-state index in [2.05, 4.69) is 20.8 Å². The number of hydrogen-bond acceptors (Lipinski definition) is 5. The van der Waals surface area contributed by atoms with Crippen molar-refractivity contribution in [1.82, 2.24) is 15.5 Å². The highest BCUT2D eigenvalue weighted by molar-refractivity contribution is 5.95. The van der Waals surface area contributed by atoms with Gasteiger partial charge in [-0.1, -0.05) is 26.0 Å². The Morgan fingerprint density at radius 3 is 2.76 bits per heavy atom. The summed E-state index contributed by atoms with van der Waals surface area (Å²) in [4.78, 5) is 12.2. The van der Waals surface area contributed by atoms with E-state index in [-0.39, 0.29) is 11.8 Å². The maximum Gasteiger partial charge on any atom is 0.249 e. The zero-order valence-corrected chi connectivity index (χ0v) is 12.5. The van der Waals surface area contributed by atoms with Crippen LogP contribution in [0.4, 0.5) is 5.69 Å². The van der Waals surface area contributed by atoms with E-state index in [4.69, 9.17) is 4.42 Å². The Bertz CT molecular complexity index is 609. The van der Waals surface area contributed by atoms with Crippen LogP contribution in [0.15, 0.2) is 28.7 Å². The molecular formula is C15H20N4O2. The van der Waals surface area contributed by atoms with Crippen molar-refractivity contribution in [2.45, 2.75) is 20.8 Å². The van der Waals surface area contributed by atoms with E-state index in [1.165, 1.54) is 0 Å². The Hall–Kier alpha value is -2.21. The number of carbonyl (C=O) groups is 1. The number of hydrogen-bond donors (Lipinski definition) is 2. The van der Waals surface area contributed by atoms with Gasteiger partial charge in [0.05, 0.1) is 11.3 Å². The molecule has 2 N–H and O–H groups in total. The average Bonchev–Trinajstić information content (AvgIpc) is 2.91. The Morgan fingerprint density at radius 2 is 2.10 bits per heavy atom. The summed E-state index contributed by atoms with van der Waals surface area (Å²) in [5, 5.41) is 13.9. The van der Waals surface area contributed by atoms with Gasteiger partial charge in [0.2, 0.25) is 17.7 Å². The van der Waals surface area contributed by atoms with Crippen molar-refractivity contribution in [3.8, 4) is 11.5 Å². The summed E-state index contributed by atoms with van der Waals surface area (Å²) in [7, 11) is 0. The van der Waals surface area contributed by atoms with Crippen LogP contribution in [0.5, 0.6) is 0 Å². The number of amides is 1. The largest absolute Gasteiger partial charge is 0.421 e. The lowest BCUT2D eigenvalue weighted by atomic mass is 10.1. The van der Waals surface area contributed by atoms with Crippen molar-refractivity contribution < 1.29 is 9.21 Å². The van der Waals surface area contributed by atoms with Gasteiger partial charge in [0, 0.05) is 19.4 Å². The van der Waals surface area contributed by atoms with Crippen molar-refractivity contribution >= 4 is 11.6 Å². The monoisotopic (exact) mass is 288 g/mol. The smallest absolute Gasteiger partial charge is 0.249 e. The van der Waals surface area contributed by atoms with Crippen molar-refractivity contribution in [2.75, 3.05) is 18.4 Å². The predicted molar refractivity (Wildman–Crippen MR) is 80.8 cm³/mol. The van der Waals surface area contributed by atoms with Gasteiger partial charge in [0.15, 0.2) is 0 Å². The minimum Gasteiger partial charge on any atom is -0.421 e. The molecule has 0 bridgehead atoms. The standard InChI is InChI=1S/C15H20N4O2/c1-4-16-9-10(2)14(20)17-13-8-6-5-7-12(13)15-19-18-11(3)21-15/h5-8,10,16H,4,9H2,1-3H3,(H,17,20). The van der Waals surface area contributed by atoms with Crippen LogP contribution in [0, 0.1) is 12.8 Å². The molecule has 2 rings (SSSR count). The first-order valence-corrected chi connectivity index (χ1v) is 7.03. The lowest BCUT2D eigenvalue weighted by Gasteiger charge is -2.14. The van der Waals surface area contributed by atoms with Crippen LogP contribution in [-0.2, 0) is 4.79 Å². The summed E-state index contributed by atoms with van der Waals surface area (Å²) in [5.41, 5.74) is 1.40. The fourth-order valence-corrected chi connectivity index (χ4v) is 1.89. The fourth-order valence-electron chi connectivity index (χ4n) is 1.89. The lowest BCUT2D eigenvalue weighted by Crippen LogP contribution is -2.30. The fraction of sp³-hybridized carbons (Fsp3) is 0.400. The third-order valence-corrected chi connectivity index (χ3v) is 3.09. The zero-order chi connectivity index (χ0) is 15.2. The quantitative estimate of drug-likeness (QED) is 0.852. The van der Waals surface area contributed by atoms with Crippen LogP contribution in [0.1, 0.15) is 19.7 Å². The molecule has 0 aliphatic rings. The number of carbonyl (C=O) groups excluding carboxylic acids is 1. The van der Waals surface area contributed by atoms with Gasteiger partial charge in [0.1, 0.15) is 0 Å². The van der Waals surface area contributed by atoms with E-state index in [9.17, 15) is 4.79 Å². The van der Waals surface area contributed by atoms with Crippen LogP contribution in [0.25, 0.3) is 11.5 Å². The highest BCUT2D eigenvalue weighted by Crippen LogP contribution is 2.26. The minimum atomic E-state index is -0.123. The minimum absolute atomic E-state index is 0.0420. The van der Waals surface area contributed by atoms with Crippen LogP contribution in [0.2, 0.25) is 0 Å². The second kappa shape index (κ2) is 6.99. The van der Waals surface area contributed by atoms with Gasteiger partial charge in [-0.05, 0) is 18.7 Å². The molecule has 0 fully saturated rings. The molecule has 112 valence electrons. The first-order chi connectivity index (χ1) is 10.1. The van der Waals surface area contributed by atoms with Crippen LogP contribution in [-0.4, -0.2) is 29.2 Å². The molecule has 0 aliphatic heterocycles. The average molecular weight is 288 g/mol. The summed E-state index contributed by atoms with van der Waals surface area (Å²) in [6, 6.07) is 7.40. The molecule has 1 heterocycles. The van der Waals surface area contributed by atoms with Crippen LogP contribution < -0.4 is 10.6 Å². The summed E-state index contributed by atoms with van der Waals surface area (Å²) >= 11 is 0. The second-order valence-electron chi connectivity index (χ2n) is 4.87. The van der Waals surface area contributed by atoms with Gasteiger partial charge in [0.25, 0.3) is 0 Å². The third kappa shape index (κ3) is 3.88. The molecule has 1 amide bonds. The first kappa shape index (κ1) is 15.2. The number of benzene rings is 1. The van der Waals surface area contributed by atoms with Gasteiger partial charge < -0.3 is 15.1 Å². The summed E-state index contributed by atoms with van der Waals surface area (Å²) < 4.78 is 5.43. The molecule has 0 radical (unpaired) electrons. The van der Waals surface area contributed by atoms with Gasteiger partial charge in [-0.15, -0.1) is 10.2 Å². The van der Waals surface area contributed by atoms with E-state index in [1.54, 1.807) is 6.92 Å². The number of nitrogens with one attached hydrogen (secondary N) is 2. The number of rotatable bonds is 6. The molecule has 0 aliphatic carbocycles. The van der Waals surface area contributed by atoms with Crippen molar-refractivity contribution in [3.05, 3.63) is 30.2 Å². The van der Waals surface area contributed by atoms with Crippen molar-refractivity contribution in [1.29, 1.82) is 0 Å². The molecule has 1 aromatic heterocycles. The summed E-state index contributed by atoms with van der Waals surface area (Å²) in [5.74, 6) is 0.733. The molecular weight excluding hydrogens is 268 g/mol. The molecule has 0 saturated heterocycles. The molecule has 1 unspecified atom stereocenters. The molecule has 21 heavy (non-hydrogen) atoms. The Balaban J connectivity index is 2.15. The molecule has 0 spiro atoms. The van der Waals surface area contributed by atoms with Gasteiger partial charge in [-0.3, -0.25) is 4.79 Å². The summed E-state index contributed by atoms with van der Waals surface area (Å²) in [6.45, 7) is 7.12. The molecule has 6 nitrogen and oxygen atoms in total. The molecule has 1 atom stereocenters. The zero-order valence-electron chi connectivity index (χ0n) is 12.5. The highest BCUT2D eigenvalue weighted by atomic mass is 16.4. The molecule has 1 aromatic carbocycles. The second-order valence-corrected chi connectivity index (χ2v) is 4.87. The maximum absolute atomic E-state index is 12.2. The number of aryl methyl sites for hydroxylation is 1. The lowest BCUT2D eigenvalue weighted by molar-refractivity contribution is -0.119. The number of aromatic nitrogens is 2. The van der Waals surface area contributed by atoms with Gasteiger partial charge in [-0.25, -0.2) is 0 Å². The SMILES string of the molecule is CCNCC(C)C(=O)Nc1ccccc1-c1nnc(C)o1. The van der Waals surface area contributed by atoms with E-state index in [0.717, 1.165) is 12.1 Å². The number of nitrogens with zero attached hydrogens (tertiary/aromatic N) is 2. The normalized spacial score (nSPS) is 12.1. The topological polar surface area (TPSA) is 80.0 Å². The van der Waals surface area contributed by atoms with Crippen molar-refractivity contribution in [3.63, 3.8) is 0 Å². The van der Waals surface area contributed by atoms with E-state index < -0.39 is 0 Å². The maximum atomic E-state index is 12.2. The Labute approximate surface area is 124 Å². The van der Waals surface area contributed by atoms with E-state index >= 15 is 0 Å². The third-order valence-electron chi connectivity index (χ3n) is 3.09. The first-order valence-electron chi connectivity index (χ1n) is 7.03. The van der Waals surface area contributed by atoms with Crippen LogP contribution in [0.3, 0.4) is 0 Å². The number of para-hydroxylation sites is 1. The van der Waals surface area contributed by atoms with Gasteiger partial charge in [-0.2, -0.15) is 0 Å². The number of anilines is 1. The predicted octanol–water partition coefficient (Wildman–Crippen LogP) is 2.23. The summed E-state index contributed by atoms with van der Waals surface area (Å²) in [6.07, 6.45) is 0. The van der Waals surface area contributed by atoms with Crippen LogP contribution >= 0.6 is 0 Å².